The molecular formula is C17H24N2O3. The molecule has 2 atom stereocenters. The minimum absolute atomic E-state index is 0.0128. The van der Waals surface area contributed by atoms with Gasteiger partial charge in [0.15, 0.2) is 0 Å². The van der Waals surface area contributed by atoms with E-state index in [1.165, 1.54) is 0 Å². The summed E-state index contributed by atoms with van der Waals surface area (Å²) in [7, 11) is 7.52. The van der Waals surface area contributed by atoms with Crippen LogP contribution in [-0.2, 0) is 9.53 Å². The SMILES string of the molecule is CCOC(=O)[C@H]1[C@H](N(C)C)C=C(c2ccc(OC)cc2)N1C. The van der Waals surface area contributed by atoms with Crippen LogP contribution in [0.4, 0.5) is 0 Å². The van der Waals surface area contributed by atoms with Crippen LogP contribution in [-0.4, -0.2) is 62.7 Å². The molecule has 1 heterocycles. The van der Waals surface area contributed by atoms with E-state index in [-0.39, 0.29) is 18.1 Å². The van der Waals surface area contributed by atoms with E-state index in [2.05, 4.69) is 6.08 Å². The zero-order chi connectivity index (χ0) is 16.3. The normalized spacial score (nSPS) is 21.0. The van der Waals surface area contributed by atoms with Gasteiger partial charge in [0.25, 0.3) is 0 Å². The fourth-order valence-electron chi connectivity index (χ4n) is 2.77. The highest BCUT2D eigenvalue weighted by Gasteiger charge is 2.40. The van der Waals surface area contributed by atoms with Crippen LogP contribution in [0.3, 0.4) is 0 Å². The monoisotopic (exact) mass is 304 g/mol. The first-order valence-corrected chi connectivity index (χ1v) is 7.41. The molecule has 0 amide bonds. The van der Waals surface area contributed by atoms with Gasteiger partial charge in [-0.1, -0.05) is 0 Å². The Hall–Kier alpha value is -2.01. The quantitative estimate of drug-likeness (QED) is 0.777. The van der Waals surface area contributed by atoms with Gasteiger partial charge in [-0.3, -0.25) is 0 Å². The molecule has 120 valence electrons. The highest BCUT2D eigenvalue weighted by Crippen LogP contribution is 2.32. The summed E-state index contributed by atoms with van der Waals surface area (Å²) in [5.41, 5.74) is 2.08. The molecule has 0 aromatic heterocycles. The molecule has 0 bridgehead atoms. The summed E-state index contributed by atoms with van der Waals surface area (Å²) in [5, 5.41) is 0. The number of methoxy groups -OCH3 is 1. The molecular weight excluding hydrogens is 280 g/mol. The van der Waals surface area contributed by atoms with Crippen molar-refractivity contribution >= 4 is 11.7 Å². The summed E-state index contributed by atoms with van der Waals surface area (Å²) < 4.78 is 10.4. The van der Waals surface area contributed by atoms with Gasteiger partial charge in [0.2, 0.25) is 0 Å². The average molecular weight is 304 g/mol. The van der Waals surface area contributed by atoms with Crippen molar-refractivity contribution in [1.82, 2.24) is 9.80 Å². The average Bonchev–Trinajstić information content (AvgIpc) is 2.85. The zero-order valence-electron chi connectivity index (χ0n) is 13.9. The summed E-state index contributed by atoms with van der Waals surface area (Å²) in [6.45, 7) is 2.22. The predicted molar refractivity (Wildman–Crippen MR) is 86.6 cm³/mol. The molecule has 0 saturated heterocycles. The number of esters is 1. The molecule has 5 heteroatoms. The van der Waals surface area contributed by atoms with Crippen molar-refractivity contribution in [2.24, 2.45) is 0 Å². The van der Waals surface area contributed by atoms with Gasteiger partial charge in [0, 0.05) is 12.7 Å². The van der Waals surface area contributed by atoms with Gasteiger partial charge in [-0.25, -0.2) is 4.79 Å². The highest BCUT2D eigenvalue weighted by molar-refractivity contribution is 5.83. The van der Waals surface area contributed by atoms with E-state index in [9.17, 15) is 4.79 Å². The number of rotatable bonds is 5. The summed E-state index contributed by atoms with van der Waals surface area (Å²) in [6.07, 6.45) is 2.11. The Kier molecular flexibility index (Phi) is 5.08. The van der Waals surface area contributed by atoms with Crippen molar-refractivity contribution in [2.45, 2.75) is 19.0 Å². The second-order valence-corrected chi connectivity index (χ2v) is 5.54. The van der Waals surface area contributed by atoms with Crippen molar-refractivity contribution in [3.63, 3.8) is 0 Å². The van der Waals surface area contributed by atoms with Crippen molar-refractivity contribution in [1.29, 1.82) is 0 Å². The molecule has 0 aliphatic carbocycles. The number of carbonyl (C=O) groups excluding carboxylic acids is 1. The number of carbonyl (C=O) groups is 1. The third kappa shape index (κ3) is 3.09. The van der Waals surface area contributed by atoms with Crippen LogP contribution in [0.15, 0.2) is 30.3 Å². The Balaban J connectivity index is 2.31. The first-order chi connectivity index (χ1) is 10.5. The van der Waals surface area contributed by atoms with Gasteiger partial charge in [-0.15, -0.1) is 0 Å². The van der Waals surface area contributed by atoms with E-state index in [0.717, 1.165) is 17.0 Å². The van der Waals surface area contributed by atoms with E-state index in [1.807, 2.05) is 62.1 Å². The standard InChI is InChI=1S/C17H24N2O3/c1-6-22-17(20)16-15(18(2)3)11-14(19(16)4)12-7-9-13(21-5)10-8-12/h7-11,15-16H,6H2,1-5H3/t15-,16-/m1/s1. The van der Waals surface area contributed by atoms with Crippen molar-refractivity contribution in [3.8, 4) is 5.75 Å². The molecule has 0 unspecified atom stereocenters. The predicted octanol–water partition coefficient (Wildman–Crippen LogP) is 1.84. The van der Waals surface area contributed by atoms with Gasteiger partial charge in [0.05, 0.1) is 19.8 Å². The van der Waals surface area contributed by atoms with E-state index >= 15 is 0 Å². The first-order valence-electron chi connectivity index (χ1n) is 7.41. The number of nitrogens with zero attached hydrogens (tertiary/aromatic N) is 2. The van der Waals surface area contributed by atoms with Crippen LogP contribution in [0.2, 0.25) is 0 Å². The fourth-order valence-corrected chi connectivity index (χ4v) is 2.77. The topological polar surface area (TPSA) is 42.0 Å². The van der Waals surface area contributed by atoms with Crippen LogP contribution in [0.1, 0.15) is 12.5 Å². The van der Waals surface area contributed by atoms with Gasteiger partial charge in [-0.2, -0.15) is 0 Å². The molecule has 1 aromatic carbocycles. The number of hydrogen-bond acceptors (Lipinski definition) is 5. The molecule has 0 spiro atoms. The summed E-state index contributed by atoms with van der Waals surface area (Å²) >= 11 is 0. The molecule has 1 aromatic rings. The Morgan fingerprint density at radius 3 is 2.41 bits per heavy atom. The molecule has 0 N–H and O–H groups in total. The van der Waals surface area contributed by atoms with E-state index < -0.39 is 0 Å². The van der Waals surface area contributed by atoms with Crippen molar-refractivity contribution < 1.29 is 14.3 Å². The number of hydrogen-bond donors (Lipinski definition) is 0. The molecule has 0 radical (unpaired) electrons. The maximum Gasteiger partial charge on any atom is 0.330 e. The Bertz CT molecular complexity index is 552. The zero-order valence-corrected chi connectivity index (χ0v) is 13.9. The highest BCUT2D eigenvalue weighted by atomic mass is 16.5. The van der Waals surface area contributed by atoms with Gasteiger partial charge in [0.1, 0.15) is 11.8 Å². The lowest BCUT2D eigenvalue weighted by Gasteiger charge is -2.29. The molecule has 0 saturated carbocycles. The smallest absolute Gasteiger partial charge is 0.330 e. The van der Waals surface area contributed by atoms with E-state index in [0.29, 0.717) is 6.61 Å². The van der Waals surface area contributed by atoms with Crippen LogP contribution < -0.4 is 4.74 Å². The molecule has 5 nitrogen and oxygen atoms in total. The molecule has 0 fully saturated rings. The van der Waals surface area contributed by atoms with Crippen LogP contribution >= 0.6 is 0 Å². The Morgan fingerprint density at radius 1 is 1.27 bits per heavy atom. The number of likely N-dealkylation sites (N-methyl/N-ethyl adjacent to an activating group) is 2. The van der Waals surface area contributed by atoms with Gasteiger partial charge < -0.3 is 19.3 Å². The minimum Gasteiger partial charge on any atom is -0.497 e. The third-order valence-corrected chi connectivity index (χ3v) is 3.96. The van der Waals surface area contributed by atoms with E-state index in [1.54, 1.807) is 7.11 Å². The molecule has 2 rings (SSSR count). The first kappa shape index (κ1) is 16.4. The number of ether oxygens (including phenoxy) is 2. The van der Waals surface area contributed by atoms with Crippen molar-refractivity contribution in [2.75, 3.05) is 34.9 Å². The fraction of sp³-hybridized carbons (Fsp3) is 0.471. The van der Waals surface area contributed by atoms with Crippen molar-refractivity contribution in [3.05, 3.63) is 35.9 Å². The van der Waals surface area contributed by atoms with Crippen LogP contribution in [0, 0.1) is 0 Å². The Labute approximate surface area is 132 Å². The van der Waals surface area contributed by atoms with Gasteiger partial charge >= 0.3 is 5.97 Å². The molecule has 1 aliphatic rings. The van der Waals surface area contributed by atoms with Crippen LogP contribution in [0.5, 0.6) is 5.75 Å². The number of benzene rings is 1. The maximum atomic E-state index is 12.3. The lowest BCUT2D eigenvalue weighted by Crippen LogP contribution is -2.47. The molecule has 22 heavy (non-hydrogen) atoms. The lowest BCUT2D eigenvalue weighted by atomic mass is 10.1. The Morgan fingerprint density at radius 2 is 1.91 bits per heavy atom. The summed E-state index contributed by atoms with van der Waals surface area (Å²) in [6, 6.07) is 7.51. The third-order valence-electron chi connectivity index (χ3n) is 3.96. The largest absolute Gasteiger partial charge is 0.497 e. The van der Waals surface area contributed by atoms with E-state index in [4.69, 9.17) is 9.47 Å². The van der Waals surface area contributed by atoms with Crippen LogP contribution in [0.25, 0.3) is 5.70 Å². The molecule has 1 aliphatic heterocycles. The second kappa shape index (κ2) is 6.83. The lowest BCUT2D eigenvalue weighted by molar-refractivity contribution is -0.148. The minimum atomic E-state index is -0.327. The van der Waals surface area contributed by atoms with Gasteiger partial charge in [-0.05, 0) is 56.9 Å². The maximum absolute atomic E-state index is 12.3. The summed E-state index contributed by atoms with van der Waals surface area (Å²) in [4.78, 5) is 16.3. The summed E-state index contributed by atoms with van der Waals surface area (Å²) in [5.74, 6) is 0.625. The second-order valence-electron chi connectivity index (χ2n) is 5.54.